The summed E-state index contributed by atoms with van der Waals surface area (Å²) in [6.45, 7) is 4.99. The fourth-order valence-electron chi connectivity index (χ4n) is 4.10. The van der Waals surface area contributed by atoms with Gasteiger partial charge in [-0.15, -0.1) is 0 Å². The second kappa shape index (κ2) is 8.99. The minimum absolute atomic E-state index is 0.0570. The first-order valence-electron chi connectivity index (χ1n) is 10.7. The molecule has 3 aromatic rings. The molecular weight excluding hydrogens is 442 g/mol. The lowest BCUT2D eigenvalue weighted by molar-refractivity contribution is -0.132. The molecule has 33 heavy (non-hydrogen) atoms. The second-order valence-electron chi connectivity index (χ2n) is 8.21. The van der Waals surface area contributed by atoms with Crippen molar-refractivity contribution in [1.29, 1.82) is 0 Å². The number of para-hydroxylation sites is 1. The quantitative estimate of drug-likeness (QED) is 0.536. The van der Waals surface area contributed by atoms with Gasteiger partial charge in [-0.3, -0.25) is 4.79 Å². The molecule has 1 amide bonds. The zero-order chi connectivity index (χ0) is 23.8. The van der Waals surface area contributed by atoms with Crippen LogP contribution in [0.3, 0.4) is 0 Å². The summed E-state index contributed by atoms with van der Waals surface area (Å²) >= 11 is 0. The van der Waals surface area contributed by atoms with Crippen molar-refractivity contribution in [2.75, 3.05) is 33.3 Å². The molecule has 4 rings (SSSR count). The number of sulfonamides is 1. The van der Waals surface area contributed by atoms with E-state index in [1.807, 2.05) is 44.2 Å². The Balaban J connectivity index is 1.46. The fraction of sp³-hybridized carbons (Fsp3) is 0.333. The molecule has 8 nitrogen and oxygen atoms in total. The zero-order valence-corrected chi connectivity index (χ0v) is 19.8. The molecule has 2 aromatic carbocycles. The van der Waals surface area contributed by atoms with Crippen LogP contribution in [-0.2, 0) is 26.1 Å². The summed E-state index contributed by atoms with van der Waals surface area (Å²) in [5.41, 5.74) is 3.14. The van der Waals surface area contributed by atoms with Crippen molar-refractivity contribution in [3.63, 3.8) is 0 Å². The maximum absolute atomic E-state index is 13.0. The van der Waals surface area contributed by atoms with E-state index in [9.17, 15) is 18.0 Å². The summed E-state index contributed by atoms with van der Waals surface area (Å²) in [5, 5.41) is 0.724. The highest BCUT2D eigenvalue weighted by Gasteiger charge is 2.30. The van der Waals surface area contributed by atoms with Crippen molar-refractivity contribution >= 4 is 32.8 Å². The highest BCUT2D eigenvalue weighted by Crippen LogP contribution is 2.23. The number of aromatic nitrogens is 1. The van der Waals surface area contributed by atoms with Gasteiger partial charge in [-0.1, -0.05) is 24.3 Å². The normalized spacial score (nSPS) is 15.1. The Hall–Kier alpha value is -3.17. The molecule has 1 aromatic heterocycles. The summed E-state index contributed by atoms with van der Waals surface area (Å²) in [4.78, 5) is 27.1. The summed E-state index contributed by atoms with van der Waals surface area (Å²) < 4.78 is 34.1. The van der Waals surface area contributed by atoms with Crippen molar-refractivity contribution in [2.45, 2.75) is 25.3 Å². The SMILES string of the molecule is COC(=O)c1cn(CC(=O)N2CCN(S(=O)(=O)c3ccc(C)c(C)c3)CC2)c2ccccc12. The van der Waals surface area contributed by atoms with E-state index in [-0.39, 0.29) is 30.4 Å². The van der Waals surface area contributed by atoms with E-state index < -0.39 is 16.0 Å². The van der Waals surface area contributed by atoms with Gasteiger partial charge in [0.1, 0.15) is 6.54 Å². The Bertz CT molecular complexity index is 1320. The standard InChI is InChI=1S/C24H27N3O5S/c1-17-8-9-19(14-18(17)2)33(30,31)27-12-10-25(11-13-27)23(28)16-26-15-21(24(29)32-3)20-6-4-5-7-22(20)26/h4-9,14-15H,10-13,16H2,1-3H3. The largest absolute Gasteiger partial charge is 0.465 e. The van der Waals surface area contributed by atoms with Crippen LogP contribution in [0.25, 0.3) is 10.9 Å². The maximum Gasteiger partial charge on any atom is 0.340 e. The highest BCUT2D eigenvalue weighted by atomic mass is 32.2. The van der Waals surface area contributed by atoms with Crippen LogP contribution >= 0.6 is 0 Å². The number of piperazine rings is 1. The topological polar surface area (TPSA) is 88.9 Å². The van der Waals surface area contributed by atoms with E-state index >= 15 is 0 Å². The van der Waals surface area contributed by atoms with Crippen LogP contribution in [0.15, 0.2) is 53.6 Å². The first-order valence-corrected chi connectivity index (χ1v) is 12.2. The lowest BCUT2D eigenvalue weighted by atomic mass is 10.1. The maximum atomic E-state index is 13.0. The third-order valence-electron chi connectivity index (χ3n) is 6.21. The Morgan fingerprint density at radius 1 is 0.970 bits per heavy atom. The van der Waals surface area contributed by atoms with E-state index in [0.29, 0.717) is 18.7 Å². The van der Waals surface area contributed by atoms with Gasteiger partial charge in [-0.2, -0.15) is 4.31 Å². The molecule has 174 valence electrons. The number of nitrogens with zero attached hydrogens (tertiary/aromatic N) is 3. The van der Waals surface area contributed by atoms with Gasteiger partial charge < -0.3 is 14.2 Å². The van der Waals surface area contributed by atoms with E-state index in [1.54, 1.807) is 27.8 Å². The number of benzene rings is 2. The van der Waals surface area contributed by atoms with Gasteiger partial charge in [-0.05, 0) is 43.2 Å². The molecule has 9 heteroatoms. The Morgan fingerprint density at radius 3 is 2.33 bits per heavy atom. The van der Waals surface area contributed by atoms with Crippen LogP contribution in [0.5, 0.6) is 0 Å². The van der Waals surface area contributed by atoms with Crippen molar-refractivity contribution in [2.24, 2.45) is 0 Å². The molecule has 0 N–H and O–H groups in total. The van der Waals surface area contributed by atoms with E-state index in [1.165, 1.54) is 11.4 Å². The molecule has 2 heterocycles. The zero-order valence-electron chi connectivity index (χ0n) is 18.9. The van der Waals surface area contributed by atoms with Gasteiger partial charge in [0.2, 0.25) is 15.9 Å². The van der Waals surface area contributed by atoms with Crippen molar-refractivity contribution in [1.82, 2.24) is 13.8 Å². The van der Waals surface area contributed by atoms with Gasteiger partial charge in [0.25, 0.3) is 0 Å². The number of aryl methyl sites for hydroxylation is 2. The summed E-state index contributed by atoms with van der Waals surface area (Å²) in [6, 6.07) is 12.5. The lowest BCUT2D eigenvalue weighted by Crippen LogP contribution is -2.51. The van der Waals surface area contributed by atoms with Gasteiger partial charge in [0.15, 0.2) is 0 Å². The average molecular weight is 470 g/mol. The predicted molar refractivity (Wildman–Crippen MR) is 125 cm³/mol. The summed E-state index contributed by atoms with van der Waals surface area (Å²) in [6.07, 6.45) is 1.63. The first-order chi connectivity index (χ1) is 15.7. The number of amides is 1. The molecule has 1 fully saturated rings. The Labute approximate surface area is 193 Å². The Morgan fingerprint density at radius 2 is 1.67 bits per heavy atom. The highest BCUT2D eigenvalue weighted by molar-refractivity contribution is 7.89. The monoisotopic (exact) mass is 469 g/mol. The van der Waals surface area contributed by atoms with Gasteiger partial charge in [-0.25, -0.2) is 13.2 Å². The summed E-state index contributed by atoms with van der Waals surface area (Å²) in [5.74, 6) is -0.585. The van der Waals surface area contributed by atoms with E-state index in [4.69, 9.17) is 4.74 Å². The number of carbonyl (C=O) groups excluding carboxylic acids is 2. The summed E-state index contributed by atoms with van der Waals surface area (Å²) in [7, 11) is -2.28. The van der Waals surface area contributed by atoms with E-state index in [2.05, 4.69) is 0 Å². The molecule has 0 aliphatic carbocycles. The van der Waals surface area contributed by atoms with Crippen LogP contribution in [0, 0.1) is 13.8 Å². The predicted octanol–water partition coefficient (Wildman–Crippen LogP) is 2.58. The van der Waals surface area contributed by atoms with Gasteiger partial charge in [0.05, 0.1) is 17.6 Å². The minimum atomic E-state index is -3.61. The van der Waals surface area contributed by atoms with Gasteiger partial charge >= 0.3 is 5.97 Å². The lowest BCUT2D eigenvalue weighted by Gasteiger charge is -2.34. The average Bonchev–Trinajstić information content (AvgIpc) is 3.18. The molecule has 0 atom stereocenters. The number of ether oxygens (including phenoxy) is 1. The number of rotatable bonds is 5. The molecular formula is C24H27N3O5S. The molecule has 1 aliphatic rings. The van der Waals surface area contributed by atoms with Crippen molar-refractivity contribution in [3.05, 3.63) is 65.4 Å². The number of carbonyl (C=O) groups is 2. The number of hydrogen-bond acceptors (Lipinski definition) is 5. The van der Waals surface area contributed by atoms with Gasteiger partial charge in [0, 0.05) is 43.3 Å². The van der Waals surface area contributed by atoms with Crippen molar-refractivity contribution < 1.29 is 22.7 Å². The van der Waals surface area contributed by atoms with Crippen LogP contribution in [-0.4, -0.2) is 67.4 Å². The Kier molecular flexibility index (Phi) is 6.27. The number of esters is 1. The number of hydrogen-bond donors (Lipinski definition) is 0. The molecule has 0 spiro atoms. The molecule has 0 saturated carbocycles. The molecule has 0 radical (unpaired) electrons. The van der Waals surface area contributed by atoms with Crippen LogP contribution in [0.1, 0.15) is 21.5 Å². The van der Waals surface area contributed by atoms with Crippen LogP contribution in [0.2, 0.25) is 0 Å². The second-order valence-corrected chi connectivity index (χ2v) is 10.1. The smallest absolute Gasteiger partial charge is 0.340 e. The van der Waals surface area contributed by atoms with Crippen LogP contribution < -0.4 is 0 Å². The number of methoxy groups -OCH3 is 1. The van der Waals surface area contributed by atoms with E-state index in [0.717, 1.165) is 22.0 Å². The molecule has 0 unspecified atom stereocenters. The van der Waals surface area contributed by atoms with Crippen LogP contribution in [0.4, 0.5) is 0 Å². The minimum Gasteiger partial charge on any atom is -0.465 e. The third kappa shape index (κ3) is 4.38. The molecule has 0 bridgehead atoms. The fourth-order valence-corrected chi connectivity index (χ4v) is 5.61. The number of fused-ring (bicyclic) bond motifs is 1. The molecule has 1 saturated heterocycles. The third-order valence-corrected chi connectivity index (χ3v) is 8.10. The first kappa shape index (κ1) is 23.0. The molecule has 1 aliphatic heterocycles. The van der Waals surface area contributed by atoms with Crippen molar-refractivity contribution in [3.8, 4) is 0 Å².